The van der Waals surface area contributed by atoms with Gasteiger partial charge in [-0.25, -0.2) is 14.4 Å². The fourth-order valence-electron chi connectivity index (χ4n) is 1.11. The fourth-order valence-corrected chi connectivity index (χ4v) is 1.11. The molecule has 0 aromatic carbocycles. The molecule has 0 radical (unpaired) electrons. The maximum atomic E-state index is 10.7. The average molecular weight is 156 g/mol. The maximum Gasteiger partial charge on any atom is 0.339 e. The molecule has 2 atom stereocenters. The van der Waals surface area contributed by atoms with E-state index in [-0.39, 0.29) is 0 Å². The van der Waals surface area contributed by atoms with Crippen LogP contribution in [-0.4, -0.2) is 30.1 Å². The highest BCUT2D eigenvalue weighted by atomic mass is 16.6. The summed E-state index contributed by atoms with van der Waals surface area (Å²) in [5.41, 5.74) is 0. The Bertz CT molecular complexity index is 237. The number of carbonyl (C=O) groups is 3. The zero-order chi connectivity index (χ0) is 8.01. The number of esters is 2. The first kappa shape index (κ1) is 6.14. The Hall–Kier alpha value is -1.59. The maximum absolute atomic E-state index is 10.7. The monoisotopic (exact) mass is 156 g/mol. The van der Waals surface area contributed by atoms with Crippen LogP contribution in [0.4, 0.5) is 4.79 Å². The molecule has 2 heterocycles. The van der Waals surface area contributed by atoms with Gasteiger partial charge in [0, 0.05) is 0 Å². The van der Waals surface area contributed by atoms with Crippen LogP contribution in [0.25, 0.3) is 0 Å². The van der Waals surface area contributed by atoms with Crippen LogP contribution in [0.15, 0.2) is 0 Å². The molecule has 2 aliphatic heterocycles. The number of nitrogens with one attached hydrogen (secondary N) is 2. The highest BCUT2D eigenvalue weighted by Gasteiger charge is 2.50. The minimum Gasteiger partial charge on any atom is -0.390 e. The number of hydrogen-bond donors (Lipinski definition) is 2. The number of amides is 2. The Morgan fingerprint density at radius 3 is 1.91 bits per heavy atom. The molecule has 0 unspecified atom stereocenters. The van der Waals surface area contributed by atoms with E-state index in [9.17, 15) is 14.4 Å². The van der Waals surface area contributed by atoms with Crippen molar-refractivity contribution in [3.63, 3.8) is 0 Å². The first-order chi connectivity index (χ1) is 5.18. The van der Waals surface area contributed by atoms with Gasteiger partial charge in [0.25, 0.3) is 0 Å². The lowest BCUT2D eigenvalue weighted by atomic mass is 10.2. The van der Waals surface area contributed by atoms with Gasteiger partial charge in [-0.15, -0.1) is 0 Å². The largest absolute Gasteiger partial charge is 0.390 e. The molecule has 6 heteroatoms. The summed E-state index contributed by atoms with van der Waals surface area (Å²) >= 11 is 0. The second-order valence-corrected chi connectivity index (χ2v) is 2.31. The van der Waals surface area contributed by atoms with Crippen molar-refractivity contribution in [3.8, 4) is 0 Å². The third kappa shape index (κ3) is 0.688. The van der Waals surface area contributed by atoms with Crippen LogP contribution in [0.2, 0.25) is 0 Å². The molecule has 0 bridgehead atoms. The predicted octanol–water partition coefficient (Wildman–Crippen LogP) is -1.88. The third-order valence-corrected chi connectivity index (χ3v) is 1.62. The topological polar surface area (TPSA) is 84.5 Å². The smallest absolute Gasteiger partial charge is 0.339 e. The first-order valence-corrected chi connectivity index (χ1v) is 3.01. The van der Waals surface area contributed by atoms with Gasteiger partial charge in [-0.2, -0.15) is 0 Å². The third-order valence-electron chi connectivity index (χ3n) is 1.62. The molecule has 2 saturated heterocycles. The van der Waals surface area contributed by atoms with Crippen LogP contribution in [0, 0.1) is 0 Å². The number of urea groups is 1. The van der Waals surface area contributed by atoms with Crippen LogP contribution in [0.3, 0.4) is 0 Å². The molecule has 6 nitrogen and oxygen atoms in total. The van der Waals surface area contributed by atoms with E-state index in [1.807, 2.05) is 0 Å². The quantitative estimate of drug-likeness (QED) is 0.317. The van der Waals surface area contributed by atoms with Crippen LogP contribution in [-0.2, 0) is 14.3 Å². The van der Waals surface area contributed by atoms with Crippen LogP contribution < -0.4 is 10.6 Å². The van der Waals surface area contributed by atoms with E-state index < -0.39 is 30.1 Å². The lowest BCUT2D eigenvalue weighted by molar-refractivity contribution is -0.153. The zero-order valence-corrected chi connectivity index (χ0v) is 5.29. The van der Waals surface area contributed by atoms with Crippen molar-refractivity contribution < 1.29 is 19.1 Å². The van der Waals surface area contributed by atoms with E-state index in [1.54, 1.807) is 0 Å². The first-order valence-electron chi connectivity index (χ1n) is 3.01. The summed E-state index contributed by atoms with van der Waals surface area (Å²) in [5.74, 6) is -1.39. The predicted molar refractivity (Wildman–Crippen MR) is 30.3 cm³/mol. The van der Waals surface area contributed by atoms with Crippen molar-refractivity contribution in [1.29, 1.82) is 0 Å². The van der Waals surface area contributed by atoms with Gasteiger partial charge in [0.15, 0.2) is 12.1 Å². The molecule has 2 fully saturated rings. The number of ether oxygens (including phenoxy) is 1. The molecule has 2 aliphatic rings. The van der Waals surface area contributed by atoms with Crippen molar-refractivity contribution in [1.82, 2.24) is 10.6 Å². The van der Waals surface area contributed by atoms with Gasteiger partial charge in [0.2, 0.25) is 0 Å². The number of fused-ring (bicyclic) bond motifs is 1. The summed E-state index contributed by atoms with van der Waals surface area (Å²) in [6, 6.07) is -2.16. The lowest BCUT2D eigenvalue weighted by Crippen LogP contribution is -2.35. The molecule has 58 valence electrons. The minimum atomic E-state index is -0.824. The molecule has 2 rings (SSSR count). The number of carbonyl (C=O) groups excluding carboxylic acids is 3. The summed E-state index contributed by atoms with van der Waals surface area (Å²) in [4.78, 5) is 32.0. The Morgan fingerprint density at radius 1 is 1.00 bits per heavy atom. The normalized spacial score (nSPS) is 34.4. The fraction of sp³-hybridized carbons (Fsp3) is 0.400. The second-order valence-electron chi connectivity index (χ2n) is 2.31. The Balaban J connectivity index is 2.29. The Morgan fingerprint density at radius 2 is 1.45 bits per heavy atom. The summed E-state index contributed by atoms with van der Waals surface area (Å²) in [6.07, 6.45) is 0. The summed E-state index contributed by atoms with van der Waals surface area (Å²) in [7, 11) is 0. The number of hydrogen-bond acceptors (Lipinski definition) is 4. The summed E-state index contributed by atoms with van der Waals surface area (Å²) in [6.45, 7) is 0. The summed E-state index contributed by atoms with van der Waals surface area (Å²) < 4.78 is 4.22. The van der Waals surface area contributed by atoms with Crippen molar-refractivity contribution in [3.05, 3.63) is 0 Å². The van der Waals surface area contributed by atoms with Crippen molar-refractivity contribution in [2.24, 2.45) is 0 Å². The molecular formula is C5H4N2O4. The van der Waals surface area contributed by atoms with E-state index in [0.29, 0.717) is 0 Å². The highest BCUT2D eigenvalue weighted by molar-refractivity contribution is 6.06. The Labute approximate surface area is 60.9 Å². The van der Waals surface area contributed by atoms with Crippen molar-refractivity contribution >= 4 is 18.0 Å². The SMILES string of the molecule is O=C1N[C@@H]2C(=O)OC(=O)[C@@H]2N1. The Kier molecular flexibility index (Phi) is 0.957. The molecule has 0 aliphatic carbocycles. The van der Waals surface area contributed by atoms with Gasteiger partial charge in [-0.05, 0) is 0 Å². The molecule has 0 aromatic rings. The lowest BCUT2D eigenvalue weighted by Gasteiger charge is -1.95. The second kappa shape index (κ2) is 1.71. The average Bonchev–Trinajstić information content (AvgIpc) is 2.38. The molecule has 0 spiro atoms. The minimum absolute atomic E-state index is 0.509. The van der Waals surface area contributed by atoms with E-state index in [2.05, 4.69) is 15.4 Å². The van der Waals surface area contributed by atoms with Crippen LogP contribution >= 0.6 is 0 Å². The van der Waals surface area contributed by atoms with E-state index in [4.69, 9.17) is 0 Å². The van der Waals surface area contributed by atoms with Gasteiger partial charge < -0.3 is 15.4 Å². The van der Waals surface area contributed by atoms with E-state index in [0.717, 1.165) is 0 Å². The van der Waals surface area contributed by atoms with Crippen molar-refractivity contribution in [2.75, 3.05) is 0 Å². The zero-order valence-electron chi connectivity index (χ0n) is 5.29. The van der Waals surface area contributed by atoms with Gasteiger partial charge in [0.1, 0.15) is 0 Å². The standard InChI is InChI=1S/C5H4N2O4/c8-3-1-2(4(9)11-3)7-5(10)6-1/h1-2H,(H2,6,7,10)/t1-,2+. The van der Waals surface area contributed by atoms with E-state index >= 15 is 0 Å². The molecule has 0 saturated carbocycles. The van der Waals surface area contributed by atoms with Crippen LogP contribution in [0.5, 0.6) is 0 Å². The van der Waals surface area contributed by atoms with Gasteiger partial charge in [0.05, 0.1) is 0 Å². The molecule has 2 amide bonds. The number of cyclic esters (lactones) is 2. The van der Waals surface area contributed by atoms with Gasteiger partial charge >= 0.3 is 18.0 Å². The van der Waals surface area contributed by atoms with Gasteiger partial charge in [-0.1, -0.05) is 0 Å². The molecule has 0 aromatic heterocycles. The van der Waals surface area contributed by atoms with E-state index in [1.165, 1.54) is 0 Å². The molecular weight excluding hydrogens is 152 g/mol. The highest BCUT2D eigenvalue weighted by Crippen LogP contribution is 2.13. The summed E-state index contributed by atoms with van der Waals surface area (Å²) in [5, 5.41) is 4.50. The molecule has 2 N–H and O–H groups in total. The van der Waals surface area contributed by atoms with Gasteiger partial charge in [-0.3, -0.25) is 0 Å². The van der Waals surface area contributed by atoms with Crippen molar-refractivity contribution in [2.45, 2.75) is 12.1 Å². The molecule has 11 heavy (non-hydrogen) atoms. The number of rotatable bonds is 0. The van der Waals surface area contributed by atoms with Crippen LogP contribution in [0.1, 0.15) is 0 Å².